The highest BCUT2D eigenvalue weighted by Crippen LogP contribution is 2.29. The maximum atomic E-state index is 5.96. The van der Waals surface area contributed by atoms with Gasteiger partial charge in [-0.15, -0.1) is 0 Å². The lowest BCUT2D eigenvalue weighted by atomic mass is 10.2. The molecule has 1 N–H and O–H groups in total. The van der Waals surface area contributed by atoms with Gasteiger partial charge in [0.2, 0.25) is 0 Å². The molecule has 0 saturated carbocycles. The molecule has 0 radical (unpaired) electrons. The van der Waals surface area contributed by atoms with E-state index in [4.69, 9.17) is 21.1 Å². The molecule has 0 heterocycles. The van der Waals surface area contributed by atoms with Crippen LogP contribution in [0, 0.1) is 0 Å². The van der Waals surface area contributed by atoms with E-state index in [1.165, 1.54) is 5.56 Å². The van der Waals surface area contributed by atoms with Gasteiger partial charge in [0.1, 0.15) is 6.61 Å². The van der Waals surface area contributed by atoms with Crippen molar-refractivity contribution in [2.24, 2.45) is 0 Å². The molecular formula is C22H31ClN2O2. The molecule has 0 aromatic heterocycles. The van der Waals surface area contributed by atoms with E-state index < -0.39 is 0 Å². The van der Waals surface area contributed by atoms with Crippen LogP contribution in [0.5, 0.6) is 11.5 Å². The number of benzene rings is 2. The highest BCUT2D eigenvalue weighted by molar-refractivity contribution is 6.30. The van der Waals surface area contributed by atoms with Crippen LogP contribution in [0.15, 0.2) is 42.5 Å². The fourth-order valence-corrected chi connectivity index (χ4v) is 2.93. The predicted octanol–water partition coefficient (Wildman–Crippen LogP) is 4.75. The van der Waals surface area contributed by atoms with Gasteiger partial charge in [-0.1, -0.05) is 43.6 Å². The van der Waals surface area contributed by atoms with Crippen molar-refractivity contribution in [2.45, 2.75) is 33.9 Å². The maximum absolute atomic E-state index is 5.96. The zero-order valence-electron chi connectivity index (χ0n) is 16.6. The Morgan fingerprint density at radius 1 is 0.889 bits per heavy atom. The molecule has 2 rings (SSSR count). The van der Waals surface area contributed by atoms with Crippen LogP contribution in [-0.4, -0.2) is 37.7 Å². The molecule has 2 aromatic rings. The number of nitrogens with one attached hydrogen (secondary N) is 1. The molecule has 0 saturated heterocycles. The molecule has 0 unspecified atom stereocenters. The van der Waals surface area contributed by atoms with E-state index in [1.54, 1.807) is 0 Å². The Hall–Kier alpha value is -1.75. The van der Waals surface area contributed by atoms with Gasteiger partial charge in [0.25, 0.3) is 0 Å². The number of hydrogen-bond acceptors (Lipinski definition) is 4. The van der Waals surface area contributed by atoms with E-state index in [0.29, 0.717) is 13.2 Å². The molecule has 0 aliphatic heterocycles. The number of likely N-dealkylation sites (N-methyl/N-ethyl adjacent to an activating group) is 1. The number of ether oxygens (including phenoxy) is 2. The summed E-state index contributed by atoms with van der Waals surface area (Å²) in [4.78, 5) is 2.41. The molecule has 5 heteroatoms. The second-order valence-electron chi connectivity index (χ2n) is 6.33. The summed E-state index contributed by atoms with van der Waals surface area (Å²) >= 11 is 5.93. The topological polar surface area (TPSA) is 33.7 Å². The number of hydrogen-bond donors (Lipinski definition) is 1. The molecule has 0 amide bonds. The van der Waals surface area contributed by atoms with Crippen LogP contribution in [0.25, 0.3) is 0 Å². The van der Waals surface area contributed by atoms with E-state index in [0.717, 1.165) is 54.8 Å². The van der Waals surface area contributed by atoms with Gasteiger partial charge in [-0.05, 0) is 55.4 Å². The van der Waals surface area contributed by atoms with Crippen molar-refractivity contribution < 1.29 is 9.47 Å². The molecule has 148 valence electrons. The van der Waals surface area contributed by atoms with Gasteiger partial charge in [0, 0.05) is 24.7 Å². The first-order chi connectivity index (χ1) is 13.2. The van der Waals surface area contributed by atoms with Crippen molar-refractivity contribution >= 4 is 11.6 Å². The lowest BCUT2D eigenvalue weighted by molar-refractivity contribution is 0.269. The molecule has 0 fully saturated rings. The Labute approximate surface area is 168 Å². The van der Waals surface area contributed by atoms with Crippen LogP contribution in [0.4, 0.5) is 0 Å². The molecule has 0 aliphatic carbocycles. The summed E-state index contributed by atoms with van der Waals surface area (Å²) in [5.41, 5.74) is 2.26. The van der Waals surface area contributed by atoms with Crippen LogP contribution < -0.4 is 14.8 Å². The zero-order valence-corrected chi connectivity index (χ0v) is 17.4. The largest absolute Gasteiger partial charge is 0.490 e. The van der Waals surface area contributed by atoms with E-state index in [9.17, 15) is 0 Å². The molecule has 4 nitrogen and oxygen atoms in total. The minimum absolute atomic E-state index is 0.485. The minimum atomic E-state index is 0.485. The fourth-order valence-electron chi connectivity index (χ4n) is 2.80. The third kappa shape index (κ3) is 7.41. The first-order valence-electron chi connectivity index (χ1n) is 9.72. The van der Waals surface area contributed by atoms with Crippen molar-refractivity contribution in [2.75, 3.05) is 32.8 Å². The van der Waals surface area contributed by atoms with Crippen molar-refractivity contribution in [3.63, 3.8) is 0 Å². The van der Waals surface area contributed by atoms with Gasteiger partial charge in [-0.2, -0.15) is 0 Å². The van der Waals surface area contributed by atoms with Crippen LogP contribution in [0.2, 0.25) is 5.02 Å². The van der Waals surface area contributed by atoms with Crippen molar-refractivity contribution in [1.29, 1.82) is 0 Å². The molecule has 0 aliphatic rings. The summed E-state index contributed by atoms with van der Waals surface area (Å²) in [7, 11) is 0. The first kappa shape index (κ1) is 21.5. The second kappa shape index (κ2) is 11.9. The second-order valence-corrected chi connectivity index (χ2v) is 6.77. The van der Waals surface area contributed by atoms with Crippen LogP contribution in [0.1, 0.15) is 31.9 Å². The Bertz CT molecular complexity index is 673. The summed E-state index contributed by atoms with van der Waals surface area (Å²) in [6, 6.07) is 13.8. The fraction of sp³-hybridized carbons (Fsp3) is 0.455. The average Bonchev–Trinajstić information content (AvgIpc) is 2.69. The molecule has 0 spiro atoms. The number of rotatable bonds is 12. The Kier molecular flexibility index (Phi) is 9.46. The summed E-state index contributed by atoms with van der Waals surface area (Å²) in [5, 5.41) is 4.23. The van der Waals surface area contributed by atoms with Crippen LogP contribution >= 0.6 is 11.6 Å². The standard InChI is InChI=1S/C22H31ClN2O2/c1-4-25(5-2)14-13-24-16-19-9-12-21(22(15-19)26-6-3)27-17-18-7-10-20(23)11-8-18/h7-12,15,24H,4-6,13-14,16-17H2,1-3H3. The Morgan fingerprint density at radius 2 is 1.59 bits per heavy atom. The third-order valence-electron chi connectivity index (χ3n) is 4.44. The maximum Gasteiger partial charge on any atom is 0.161 e. The zero-order chi connectivity index (χ0) is 19.5. The number of halogens is 1. The lowest BCUT2D eigenvalue weighted by Crippen LogP contribution is -2.31. The lowest BCUT2D eigenvalue weighted by Gasteiger charge is -2.18. The molecule has 27 heavy (non-hydrogen) atoms. The minimum Gasteiger partial charge on any atom is -0.490 e. The quantitative estimate of drug-likeness (QED) is 0.530. The van der Waals surface area contributed by atoms with Gasteiger partial charge >= 0.3 is 0 Å². The highest BCUT2D eigenvalue weighted by Gasteiger charge is 2.07. The van der Waals surface area contributed by atoms with Crippen LogP contribution in [0.3, 0.4) is 0 Å². The van der Waals surface area contributed by atoms with E-state index in [1.807, 2.05) is 37.3 Å². The van der Waals surface area contributed by atoms with Gasteiger partial charge < -0.3 is 19.7 Å². The normalized spacial score (nSPS) is 11.0. The average molecular weight is 391 g/mol. The molecule has 0 atom stereocenters. The van der Waals surface area contributed by atoms with Gasteiger partial charge in [-0.3, -0.25) is 0 Å². The van der Waals surface area contributed by atoms with Crippen LogP contribution in [-0.2, 0) is 13.2 Å². The molecule has 2 aromatic carbocycles. The summed E-state index contributed by atoms with van der Waals surface area (Å²) in [5.74, 6) is 1.55. The van der Waals surface area contributed by atoms with E-state index in [2.05, 4.69) is 36.2 Å². The Balaban J connectivity index is 1.91. The monoisotopic (exact) mass is 390 g/mol. The SMILES string of the molecule is CCOc1cc(CNCCN(CC)CC)ccc1OCc1ccc(Cl)cc1. The van der Waals surface area contributed by atoms with Crippen molar-refractivity contribution in [3.8, 4) is 11.5 Å². The number of nitrogens with zero attached hydrogens (tertiary/aromatic N) is 1. The predicted molar refractivity (Wildman–Crippen MR) is 113 cm³/mol. The molecule has 0 bridgehead atoms. The summed E-state index contributed by atoms with van der Waals surface area (Å²) in [6.07, 6.45) is 0. The highest BCUT2D eigenvalue weighted by atomic mass is 35.5. The summed E-state index contributed by atoms with van der Waals surface area (Å²) in [6.45, 7) is 12.5. The van der Waals surface area contributed by atoms with Gasteiger partial charge in [0.15, 0.2) is 11.5 Å². The first-order valence-corrected chi connectivity index (χ1v) is 10.1. The van der Waals surface area contributed by atoms with Gasteiger partial charge in [-0.25, -0.2) is 0 Å². The third-order valence-corrected chi connectivity index (χ3v) is 4.70. The summed E-state index contributed by atoms with van der Waals surface area (Å²) < 4.78 is 11.7. The van der Waals surface area contributed by atoms with E-state index in [-0.39, 0.29) is 0 Å². The van der Waals surface area contributed by atoms with E-state index >= 15 is 0 Å². The van der Waals surface area contributed by atoms with Crippen molar-refractivity contribution in [1.82, 2.24) is 10.2 Å². The van der Waals surface area contributed by atoms with Crippen molar-refractivity contribution in [3.05, 3.63) is 58.6 Å². The Morgan fingerprint density at radius 3 is 2.26 bits per heavy atom. The molecular weight excluding hydrogens is 360 g/mol. The van der Waals surface area contributed by atoms with Gasteiger partial charge in [0.05, 0.1) is 6.61 Å². The smallest absolute Gasteiger partial charge is 0.161 e.